The summed E-state index contributed by atoms with van der Waals surface area (Å²) in [6.07, 6.45) is 0.692. The minimum Gasteiger partial charge on any atom is -0.355 e. The second-order valence-corrected chi connectivity index (χ2v) is 20.8. The van der Waals surface area contributed by atoms with Crippen molar-refractivity contribution >= 4 is 156 Å². The smallest absolute Gasteiger partial charge is 0.258 e. The third-order valence-corrected chi connectivity index (χ3v) is 17.6. The lowest BCUT2D eigenvalue weighted by molar-refractivity contribution is 0.0828. The Balaban J connectivity index is 0.991. The van der Waals surface area contributed by atoms with Crippen LogP contribution in [0, 0.1) is 22.7 Å². The number of imide groups is 3. The largest absolute Gasteiger partial charge is 0.355 e. The number of thiophene rings is 2. The van der Waals surface area contributed by atoms with Crippen molar-refractivity contribution in [3.8, 4) is 42.8 Å². The first-order valence-electron chi connectivity index (χ1n) is 23.2. The summed E-state index contributed by atoms with van der Waals surface area (Å²) < 4.78 is 0. The van der Waals surface area contributed by atoms with Crippen LogP contribution in [-0.2, 0) is 0 Å². The average molecular weight is 1010 g/mol. The highest BCUT2D eigenvalue weighted by Gasteiger charge is 2.35. The van der Waals surface area contributed by atoms with Crippen LogP contribution < -0.4 is 21.3 Å². The molecule has 0 spiro atoms. The fourth-order valence-electron chi connectivity index (χ4n) is 12.3. The summed E-state index contributed by atoms with van der Waals surface area (Å²) in [7, 11) is 1.47. The van der Waals surface area contributed by atoms with E-state index in [1.807, 2.05) is 24.3 Å². The molecule has 350 valence electrons. The maximum Gasteiger partial charge on any atom is 0.258 e. The molecule has 0 saturated carbocycles. The number of hydrogen-bond acceptors (Lipinski definition) is 12. The van der Waals surface area contributed by atoms with E-state index in [0.29, 0.717) is 104 Å². The van der Waals surface area contributed by atoms with Crippen molar-refractivity contribution in [1.29, 1.82) is 10.5 Å². The first-order chi connectivity index (χ1) is 36.4. The molecule has 3 aliphatic rings. The standard InChI is InChI=1S/C59H24N6O8S2/c1-62-53(67)34-14-22(19-61)42-24-2-6-28-47-29(55(69)63-54(28)68)8-4-26(44(24)47)46-32(16-23(20-66)43(34)52(42)46)37-10-12-39(74-37)40-13-11-38(75-40)33-17-36-49-31(57(71)65-59(36)73)7-3-25-41-21(18-60)15-35-48-30(56(70)64-58(35)72)9-5-27(50(41)48)45(33)51(25)49/h2-17,20H,1H3,(H,62,67)(H,63,68,69)(H,64,70,72)(H,65,71,73). The van der Waals surface area contributed by atoms with E-state index in [1.165, 1.54) is 41.9 Å². The Bertz CT molecular complexity index is 5030. The van der Waals surface area contributed by atoms with Crippen molar-refractivity contribution < 1.29 is 38.4 Å². The Labute approximate surface area is 427 Å². The molecule has 14 nitrogen and oxygen atoms in total. The highest BCUT2D eigenvalue weighted by atomic mass is 32.1. The molecule has 16 heteroatoms. The summed E-state index contributed by atoms with van der Waals surface area (Å²) in [4.78, 5) is 111. The summed E-state index contributed by atoms with van der Waals surface area (Å²) in [6, 6.07) is 32.4. The van der Waals surface area contributed by atoms with Crippen molar-refractivity contribution in [1.82, 2.24) is 21.3 Å². The van der Waals surface area contributed by atoms with Gasteiger partial charge in [0.1, 0.15) is 0 Å². The third kappa shape index (κ3) is 5.22. The molecule has 2 aromatic heterocycles. The number of rotatable bonds is 5. The molecule has 10 aromatic carbocycles. The summed E-state index contributed by atoms with van der Waals surface area (Å²) in [5.74, 6) is -3.97. The number of hydrogen-bond donors (Lipinski definition) is 4. The van der Waals surface area contributed by atoms with Crippen LogP contribution in [0.5, 0.6) is 0 Å². The Morgan fingerprint density at radius 1 is 0.427 bits per heavy atom. The molecule has 0 atom stereocenters. The summed E-state index contributed by atoms with van der Waals surface area (Å²) in [5, 5.41) is 39.8. The van der Waals surface area contributed by atoms with Gasteiger partial charge < -0.3 is 5.32 Å². The first-order valence-corrected chi connectivity index (χ1v) is 24.9. The van der Waals surface area contributed by atoms with Crippen molar-refractivity contribution in [3.05, 3.63) is 153 Å². The van der Waals surface area contributed by atoms with Crippen molar-refractivity contribution in [2.24, 2.45) is 0 Å². The number of benzene rings is 10. The third-order valence-electron chi connectivity index (χ3n) is 15.2. The second-order valence-electron chi connectivity index (χ2n) is 18.7. The second kappa shape index (κ2) is 14.5. The lowest BCUT2D eigenvalue weighted by atomic mass is 9.79. The number of nitrogens with zero attached hydrogens (tertiary/aromatic N) is 2. The van der Waals surface area contributed by atoms with Crippen molar-refractivity contribution in [2.75, 3.05) is 7.05 Å². The Morgan fingerprint density at radius 2 is 0.827 bits per heavy atom. The van der Waals surface area contributed by atoms with E-state index in [0.717, 1.165) is 19.5 Å². The molecular formula is C59H24N6O8S2. The van der Waals surface area contributed by atoms with Gasteiger partial charge in [-0.05, 0) is 116 Å². The Hall–Kier alpha value is -10.3. The molecule has 15 rings (SSSR count). The zero-order chi connectivity index (χ0) is 51.2. The van der Waals surface area contributed by atoms with E-state index in [1.54, 1.807) is 60.7 Å². The predicted octanol–water partition coefficient (Wildman–Crippen LogP) is 10.5. The van der Waals surface area contributed by atoms with Gasteiger partial charge in [-0.3, -0.25) is 54.3 Å². The maximum atomic E-state index is 13.9. The van der Waals surface area contributed by atoms with E-state index >= 15 is 0 Å². The number of nitrogens with one attached hydrogen (secondary N) is 4. The quantitative estimate of drug-likeness (QED) is 0.0551. The van der Waals surface area contributed by atoms with Gasteiger partial charge in [0.25, 0.3) is 41.4 Å². The van der Waals surface area contributed by atoms with Crippen LogP contribution >= 0.6 is 22.7 Å². The Kier molecular flexibility index (Phi) is 8.18. The highest BCUT2D eigenvalue weighted by molar-refractivity contribution is 7.25. The van der Waals surface area contributed by atoms with Crippen LogP contribution in [-0.4, -0.2) is 54.7 Å². The molecule has 0 bridgehead atoms. The monoisotopic (exact) mass is 1010 g/mol. The van der Waals surface area contributed by atoms with Gasteiger partial charge in [0.15, 0.2) is 6.29 Å². The maximum absolute atomic E-state index is 13.9. The molecule has 75 heavy (non-hydrogen) atoms. The molecule has 0 radical (unpaired) electrons. The lowest BCUT2D eigenvalue weighted by Gasteiger charge is -2.25. The van der Waals surface area contributed by atoms with Gasteiger partial charge in [-0.15, -0.1) is 22.7 Å². The zero-order valence-electron chi connectivity index (χ0n) is 38.3. The molecule has 0 aliphatic carbocycles. The number of aldehydes is 1. The van der Waals surface area contributed by atoms with E-state index in [2.05, 4.69) is 33.4 Å². The molecule has 7 amide bonds. The Morgan fingerprint density at radius 3 is 1.35 bits per heavy atom. The van der Waals surface area contributed by atoms with Crippen LogP contribution in [0.25, 0.3) is 117 Å². The summed E-state index contributed by atoms with van der Waals surface area (Å²) >= 11 is 2.87. The zero-order valence-corrected chi connectivity index (χ0v) is 39.9. The highest BCUT2D eigenvalue weighted by Crippen LogP contribution is 2.53. The van der Waals surface area contributed by atoms with E-state index in [4.69, 9.17) is 0 Å². The van der Waals surface area contributed by atoms with Gasteiger partial charge in [-0.1, -0.05) is 24.3 Å². The molecule has 0 fully saturated rings. The molecule has 5 heterocycles. The van der Waals surface area contributed by atoms with Crippen LogP contribution in [0.1, 0.15) is 94.0 Å². The summed E-state index contributed by atoms with van der Waals surface area (Å²) in [5.41, 5.74) is 3.51. The van der Waals surface area contributed by atoms with Gasteiger partial charge >= 0.3 is 0 Å². The molecule has 0 saturated heterocycles. The fraction of sp³-hybridized carbons (Fsp3) is 0.0169. The van der Waals surface area contributed by atoms with Gasteiger partial charge in [0, 0.05) is 125 Å². The van der Waals surface area contributed by atoms with Gasteiger partial charge in [-0.2, -0.15) is 10.5 Å². The van der Waals surface area contributed by atoms with E-state index in [-0.39, 0.29) is 55.6 Å². The molecule has 12 aromatic rings. The van der Waals surface area contributed by atoms with Crippen LogP contribution in [0.2, 0.25) is 0 Å². The van der Waals surface area contributed by atoms with Crippen LogP contribution in [0.4, 0.5) is 0 Å². The van der Waals surface area contributed by atoms with Crippen LogP contribution in [0.3, 0.4) is 0 Å². The number of nitriles is 2. The SMILES string of the molecule is CNC(=O)c1cc(C#N)c2c3ccc4c5c(ccc(c6c(-c7ccc(-c8ccc(-c9cc%10c%11c(ccc%12c%13c(C#N)cc%14c%15c(ccc(c9c%11%12)c%15%13)C(=O)NC%14=O)C(=O)NC%10=O)s8)s7)cc(C=O)c1c26)c53)C(=O)NC4=O. The molecule has 4 N–H and O–H groups in total. The average Bonchev–Trinajstić information content (AvgIpc) is 4.24. The number of amides is 7. The topological polar surface area (TPSA) is 232 Å². The number of carbonyl (C=O) groups is 8. The predicted molar refractivity (Wildman–Crippen MR) is 285 cm³/mol. The molecule has 3 aliphatic heterocycles. The normalized spacial score (nSPS) is 14.0. The first kappa shape index (κ1) is 42.4. The van der Waals surface area contributed by atoms with Crippen molar-refractivity contribution in [2.45, 2.75) is 0 Å². The molecular weight excluding hydrogens is 985 g/mol. The van der Waals surface area contributed by atoms with Gasteiger partial charge in [0.05, 0.1) is 23.3 Å². The summed E-state index contributed by atoms with van der Waals surface area (Å²) in [6.45, 7) is 0. The van der Waals surface area contributed by atoms with Gasteiger partial charge in [-0.25, -0.2) is 0 Å². The minimum absolute atomic E-state index is 0.131. The van der Waals surface area contributed by atoms with Crippen molar-refractivity contribution in [3.63, 3.8) is 0 Å². The fourth-order valence-corrected chi connectivity index (χ4v) is 14.4. The van der Waals surface area contributed by atoms with E-state index < -0.39 is 41.4 Å². The van der Waals surface area contributed by atoms with E-state index in [9.17, 15) is 48.9 Å². The molecule has 0 unspecified atom stereocenters. The minimum atomic E-state index is -0.628. The number of carbonyl (C=O) groups excluding carboxylic acids is 8. The number of fused-ring (bicyclic) bond motifs is 4. The van der Waals surface area contributed by atoms with Crippen LogP contribution in [0.15, 0.2) is 97.1 Å². The van der Waals surface area contributed by atoms with Gasteiger partial charge in [0.2, 0.25) is 0 Å². The lowest BCUT2D eigenvalue weighted by Crippen LogP contribution is -2.35.